The Morgan fingerprint density at radius 2 is 2.18 bits per heavy atom. The molecule has 0 aromatic carbocycles. The number of hydrogen-bond acceptors (Lipinski definition) is 5. The number of nitrogens with one attached hydrogen (secondary N) is 1. The van der Waals surface area contributed by atoms with Crippen LogP contribution in [0, 0.1) is 0 Å². The minimum Gasteiger partial charge on any atom is -0.480 e. The van der Waals surface area contributed by atoms with Crippen molar-refractivity contribution in [3.05, 3.63) is 0 Å². The predicted molar refractivity (Wildman–Crippen MR) is 62.5 cm³/mol. The third-order valence-corrected chi connectivity index (χ3v) is 5.80. The quantitative estimate of drug-likeness (QED) is 0.511. The maximum Gasteiger partial charge on any atom is 0.327 e. The van der Waals surface area contributed by atoms with Gasteiger partial charge >= 0.3 is 5.97 Å². The molecule has 3 saturated heterocycles. The van der Waals surface area contributed by atoms with Crippen LogP contribution in [0.5, 0.6) is 0 Å². The first-order valence-electron chi connectivity index (χ1n) is 5.76. The van der Waals surface area contributed by atoms with E-state index in [1.165, 1.54) is 4.90 Å². The normalized spacial score (nSPS) is 39.0. The van der Waals surface area contributed by atoms with Crippen molar-refractivity contribution in [2.24, 2.45) is 5.73 Å². The maximum atomic E-state index is 11.7. The second-order valence-corrected chi connectivity index (χ2v) is 6.37. The first kappa shape index (κ1) is 11.3. The second-order valence-electron chi connectivity index (χ2n) is 4.84. The van der Waals surface area contributed by atoms with Gasteiger partial charge in [-0.2, -0.15) is 0 Å². The Hall–Kier alpha value is -0.790. The molecule has 7 heteroatoms. The molecule has 1 spiro atoms. The molecule has 0 radical (unpaired) electrons. The molecule has 3 atom stereocenters. The fraction of sp³-hybridized carbons (Fsp3) is 0.800. The number of thioether (sulfide) groups is 1. The van der Waals surface area contributed by atoms with E-state index in [1.54, 1.807) is 11.8 Å². The summed E-state index contributed by atoms with van der Waals surface area (Å²) in [6.45, 7) is 1.61. The summed E-state index contributed by atoms with van der Waals surface area (Å²) >= 11 is 1.59. The molecule has 6 nitrogen and oxygen atoms in total. The summed E-state index contributed by atoms with van der Waals surface area (Å²) in [6, 6.07) is -1.22. The lowest BCUT2D eigenvalue weighted by molar-refractivity contribution is -0.159. The number of nitrogens with zero attached hydrogens (tertiary/aromatic N) is 1. The van der Waals surface area contributed by atoms with Crippen LogP contribution in [0.3, 0.4) is 0 Å². The number of piperidine rings is 1. The number of fused-ring (bicyclic) bond motifs is 1. The van der Waals surface area contributed by atoms with E-state index in [4.69, 9.17) is 5.73 Å². The minimum absolute atomic E-state index is 0.137. The largest absolute Gasteiger partial charge is 0.480 e. The van der Waals surface area contributed by atoms with E-state index in [-0.39, 0.29) is 16.0 Å². The highest BCUT2D eigenvalue weighted by Crippen LogP contribution is 2.54. The van der Waals surface area contributed by atoms with Crippen LogP contribution in [0.15, 0.2) is 0 Å². The Morgan fingerprint density at radius 1 is 1.53 bits per heavy atom. The average molecular weight is 257 g/mol. The smallest absolute Gasteiger partial charge is 0.327 e. The average Bonchev–Trinajstić information content (AvgIpc) is 2.62. The summed E-state index contributed by atoms with van der Waals surface area (Å²) in [6.07, 6.45) is 1.56. The number of aliphatic carboxylic acids is 1. The van der Waals surface area contributed by atoms with Gasteiger partial charge in [-0.25, -0.2) is 4.79 Å². The number of carboxylic acids is 1. The third kappa shape index (κ3) is 1.36. The molecule has 0 aromatic rings. The lowest BCUT2D eigenvalue weighted by atomic mass is 9.86. The van der Waals surface area contributed by atoms with Gasteiger partial charge in [0.2, 0.25) is 5.91 Å². The number of carbonyl (C=O) groups excluding carboxylic acids is 1. The molecule has 3 unspecified atom stereocenters. The summed E-state index contributed by atoms with van der Waals surface area (Å²) in [5.74, 6) is -1.12. The van der Waals surface area contributed by atoms with Gasteiger partial charge in [0.05, 0.1) is 4.75 Å². The van der Waals surface area contributed by atoms with Crippen molar-refractivity contribution in [3.63, 3.8) is 0 Å². The van der Waals surface area contributed by atoms with Crippen molar-refractivity contribution in [1.29, 1.82) is 0 Å². The van der Waals surface area contributed by atoms with Gasteiger partial charge in [0.15, 0.2) is 0 Å². The molecular formula is C10H15N3O3S. The first-order valence-corrected chi connectivity index (χ1v) is 6.64. The maximum absolute atomic E-state index is 11.7. The standard InChI is InChI=1S/C10H15N3O3S/c11-5-7(14)13-6(9(15)16)10(17-8(5)13)1-3-12-4-2-10/h5-6,8,12H,1-4,11H2,(H,15,16). The van der Waals surface area contributed by atoms with Crippen LogP contribution in [-0.2, 0) is 9.59 Å². The van der Waals surface area contributed by atoms with E-state index in [1.807, 2.05) is 0 Å². The van der Waals surface area contributed by atoms with Crippen molar-refractivity contribution < 1.29 is 14.7 Å². The molecule has 0 bridgehead atoms. The van der Waals surface area contributed by atoms with Gasteiger partial charge in [-0.15, -0.1) is 11.8 Å². The lowest BCUT2D eigenvalue weighted by Gasteiger charge is -2.42. The number of carboxylic acid groups (broad SMARTS) is 1. The molecule has 4 N–H and O–H groups in total. The molecular weight excluding hydrogens is 242 g/mol. The van der Waals surface area contributed by atoms with Gasteiger partial charge in [-0.3, -0.25) is 4.79 Å². The number of carbonyl (C=O) groups is 2. The van der Waals surface area contributed by atoms with Crippen molar-refractivity contribution in [2.45, 2.75) is 35.0 Å². The van der Waals surface area contributed by atoms with Crippen molar-refractivity contribution in [2.75, 3.05) is 13.1 Å². The summed E-state index contributed by atoms with van der Waals surface area (Å²) in [5.41, 5.74) is 5.74. The lowest BCUT2D eigenvalue weighted by Crippen LogP contribution is -2.69. The number of amides is 1. The monoisotopic (exact) mass is 257 g/mol. The molecule has 1 amide bonds. The van der Waals surface area contributed by atoms with Gasteiger partial charge in [0, 0.05) is 0 Å². The molecule has 3 fully saturated rings. The van der Waals surface area contributed by atoms with Crippen molar-refractivity contribution in [3.8, 4) is 0 Å². The zero-order valence-electron chi connectivity index (χ0n) is 9.26. The fourth-order valence-corrected chi connectivity index (χ4v) is 4.92. The van der Waals surface area contributed by atoms with Crippen LogP contribution in [-0.4, -0.2) is 57.2 Å². The van der Waals surface area contributed by atoms with Gasteiger partial charge in [-0.1, -0.05) is 0 Å². The van der Waals surface area contributed by atoms with E-state index in [0.29, 0.717) is 0 Å². The van der Waals surface area contributed by atoms with Crippen LogP contribution in [0.4, 0.5) is 0 Å². The van der Waals surface area contributed by atoms with E-state index < -0.39 is 18.1 Å². The highest BCUT2D eigenvalue weighted by molar-refractivity contribution is 8.01. The Balaban J connectivity index is 1.94. The molecule has 0 aromatic heterocycles. The molecule has 3 aliphatic heterocycles. The summed E-state index contributed by atoms with van der Waals surface area (Å²) in [4.78, 5) is 24.6. The van der Waals surface area contributed by atoms with Gasteiger partial charge in [0.25, 0.3) is 0 Å². The van der Waals surface area contributed by atoms with Crippen molar-refractivity contribution in [1.82, 2.24) is 10.2 Å². The fourth-order valence-electron chi connectivity index (χ4n) is 3.06. The van der Waals surface area contributed by atoms with Gasteiger partial charge in [0.1, 0.15) is 17.5 Å². The summed E-state index contributed by atoms with van der Waals surface area (Å²) in [5, 5.41) is 12.5. The van der Waals surface area contributed by atoms with E-state index in [0.717, 1.165) is 25.9 Å². The molecule has 3 heterocycles. The van der Waals surface area contributed by atoms with E-state index >= 15 is 0 Å². The highest BCUT2D eigenvalue weighted by atomic mass is 32.2. The SMILES string of the molecule is NC1C(=O)N2C1SC1(CCNCC1)C2C(=O)O. The number of hydrogen-bond donors (Lipinski definition) is 3. The van der Waals surface area contributed by atoms with E-state index in [9.17, 15) is 14.7 Å². The van der Waals surface area contributed by atoms with Crippen LogP contribution in [0.2, 0.25) is 0 Å². The Bertz CT molecular complexity index is 383. The number of β-lactam (4-membered cyclic amide) rings is 1. The summed E-state index contributed by atoms with van der Waals surface area (Å²) < 4.78 is -0.342. The Kier molecular flexibility index (Phi) is 2.39. The third-order valence-electron chi connectivity index (χ3n) is 3.94. The van der Waals surface area contributed by atoms with Crippen LogP contribution in [0.25, 0.3) is 0 Å². The second kappa shape index (κ2) is 3.60. The summed E-state index contributed by atoms with van der Waals surface area (Å²) in [7, 11) is 0. The molecule has 0 aliphatic carbocycles. The minimum atomic E-state index is -0.901. The molecule has 17 heavy (non-hydrogen) atoms. The van der Waals surface area contributed by atoms with Gasteiger partial charge in [-0.05, 0) is 25.9 Å². The Labute approximate surface area is 103 Å². The molecule has 3 rings (SSSR count). The zero-order valence-corrected chi connectivity index (χ0v) is 10.1. The van der Waals surface area contributed by atoms with Crippen LogP contribution in [0.1, 0.15) is 12.8 Å². The highest BCUT2D eigenvalue weighted by Gasteiger charge is 2.65. The zero-order chi connectivity index (χ0) is 12.2. The predicted octanol–water partition coefficient (Wildman–Crippen LogP) is -1.20. The molecule has 0 saturated carbocycles. The topological polar surface area (TPSA) is 95.7 Å². The number of nitrogens with two attached hydrogens (primary N) is 1. The molecule has 3 aliphatic rings. The first-order chi connectivity index (χ1) is 8.07. The van der Waals surface area contributed by atoms with Crippen LogP contribution >= 0.6 is 11.8 Å². The van der Waals surface area contributed by atoms with Crippen LogP contribution < -0.4 is 11.1 Å². The van der Waals surface area contributed by atoms with E-state index in [2.05, 4.69) is 5.32 Å². The number of rotatable bonds is 1. The van der Waals surface area contributed by atoms with Gasteiger partial charge < -0.3 is 21.1 Å². The molecule has 94 valence electrons. The van der Waals surface area contributed by atoms with Crippen molar-refractivity contribution >= 4 is 23.6 Å². The Morgan fingerprint density at radius 3 is 2.76 bits per heavy atom.